The van der Waals surface area contributed by atoms with Gasteiger partial charge in [-0.25, -0.2) is 4.79 Å². The summed E-state index contributed by atoms with van der Waals surface area (Å²) in [4.78, 5) is 20.2. The molecule has 2 amide bonds. The third-order valence-corrected chi connectivity index (χ3v) is 5.45. The molecule has 0 unspecified atom stereocenters. The van der Waals surface area contributed by atoms with E-state index in [2.05, 4.69) is 29.4 Å². The van der Waals surface area contributed by atoms with E-state index >= 15 is 0 Å². The molecule has 0 saturated carbocycles. The van der Waals surface area contributed by atoms with E-state index in [-0.39, 0.29) is 30.0 Å². The lowest BCUT2D eigenvalue weighted by Crippen LogP contribution is -2.50. The second kappa shape index (κ2) is 12.6. The molecule has 0 atom stereocenters. The summed E-state index contributed by atoms with van der Waals surface area (Å²) in [5.41, 5.74) is 5.34. The van der Waals surface area contributed by atoms with Crippen molar-refractivity contribution in [3.63, 3.8) is 0 Å². The van der Waals surface area contributed by atoms with E-state index in [1.54, 1.807) is 4.90 Å². The van der Waals surface area contributed by atoms with Crippen molar-refractivity contribution in [1.29, 1.82) is 0 Å². The molecular weight excluding hydrogens is 443 g/mol. The van der Waals surface area contributed by atoms with Gasteiger partial charge in [0.25, 0.3) is 0 Å². The maximum atomic E-state index is 11.2. The molecule has 26 heavy (non-hydrogen) atoms. The minimum Gasteiger partial charge on any atom is -0.357 e. The molecule has 2 aliphatic rings. The molecule has 0 aromatic heterocycles. The van der Waals surface area contributed by atoms with Gasteiger partial charge in [0.2, 0.25) is 0 Å². The van der Waals surface area contributed by atoms with Crippen LogP contribution in [0.2, 0.25) is 0 Å². The number of piperidine rings is 2. The van der Waals surface area contributed by atoms with E-state index < -0.39 is 0 Å². The summed E-state index contributed by atoms with van der Waals surface area (Å²) < 4.78 is 0. The monoisotopic (exact) mass is 480 g/mol. The number of carbonyl (C=O) groups excluding carboxylic acids is 1. The molecule has 7 nitrogen and oxygen atoms in total. The second-order valence-electron chi connectivity index (χ2n) is 7.17. The smallest absolute Gasteiger partial charge is 0.314 e. The van der Waals surface area contributed by atoms with Crippen molar-refractivity contribution >= 4 is 36.0 Å². The van der Waals surface area contributed by atoms with Gasteiger partial charge < -0.3 is 26.2 Å². The number of urea groups is 1. The third-order valence-electron chi connectivity index (χ3n) is 5.45. The van der Waals surface area contributed by atoms with Gasteiger partial charge >= 0.3 is 6.03 Å². The molecule has 0 aromatic carbocycles. The molecule has 2 aliphatic heterocycles. The highest BCUT2D eigenvalue weighted by Crippen LogP contribution is 2.20. The average Bonchev–Trinajstić information content (AvgIpc) is 2.63. The van der Waals surface area contributed by atoms with Crippen LogP contribution in [0.1, 0.15) is 46.0 Å². The van der Waals surface area contributed by atoms with Crippen LogP contribution < -0.4 is 16.4 Å². The normalized spacial score (nSPS) is 20.5. The Morgan fingerprint density at radius 2 is 1.77 bits per heavy atom. The molecule has 4 N–H and O–H groups in total. The summed E-state index contributed by atoms with van der Waals surface area (Å²) in [5.74, 6) is 1.72. The Labute approximate surface area is 175 Å². The van der Waals surface area contributed by atoms with Crippen LogP contribution >= 0.6 is 24.0 Å². The summed E-state index contributed by atoms with van der Waals surface area (Å²) in [6, 6.07) is 0.0503. The van der Waals surface area contributed by atoms with Crippen LogP contribution in [0.15, 0.2) is 4.99 Å². The first-order chi connectivity index (χ1) is 12.1. The fourth-order valence-corrected chi connectivity index (χ4v) is 3.71. The SMILES string of the molecule is CCNC(=NCCC1CCN(CC)CC1)NC1CCN(C(N)=O)CC1.I. The summed E-state index contributed by atoms with van der Waals surface area (Å²) in [5, 5.41) is 6.87. The Kier molecular flexibility index (Phi) is 11.3. The van der Waals surface area contributed by atoms with Crippen molar-refractivity contribution in [2.75, 3.05) is 45.8 Å². The second-order valence-corrected chi connectivity index (χ2v) is 7.17. The van der Waals surface area contributed by atoms with Gasteiger partial charge in [-0.3, -0.25) is 4.99 Å². The standard InChI is InChI=1S/C18H36N6O.HI/c1-3-20-18(22-16-8-13-24(14-9-16)17(19)25)21-10-5-15-6-11-23(4-2)12-7-15;/h15-16H,3-14H2,1-2H3,(H2,19,25)(H2,20,21,22);1H. The number of nitrogens with zero attached hydrogens (tertiary/aromatic N) is 3. The van der Waals surface area contributed by atoms with Crippen molar-refractivity contribution in [2.24, 2.45) is 16.6 Å². The van der Waals surface area contributed by atoms with Crippen molar-refractivity contribution in [3.8, 4) is 0 Å². The summed E-state index contributed by atoms with van der Waals surface area (Å²) in [6.45, 7) is 11.2. The minimum absolute atomic E-state index is 0. The highest BCUT2D eigenvalue weighted by atomic mass is 127. The van der Waals surface area contributed by atoms with Crippen LogP contribution in [0, 0.1) is 5.92 Å². The number of hydrogen-bond acceptors (Lipinski definition) is 3. The van der Waals surface area contributed by atoms with E-state index in [0.717, 1.165) is 50.9 Å². The zero-order valence-electron chi connectivity index (χ0n) is 16.4. The minimum atomic E-state index is -0.312. The number of nitrogens with one attached hydrogen (secondary N) is 2. The van der Waals surface area contributed by atoms with Gasteiger partial charge in [0.1, 0.15) is 0 Å². The van der Waals surface area contributed by atoms with E-state index in [0.29, 0.717) is 6.04 Å². The Hall–Kier alpha value is -0.770. The number of halogens is 1. The number of hydrogen-bond donors (Lipinski definition) is 3. The van der Waals surface area contributed by atoms with Crippen LogP contribution in [0.5, 0.6) is 0 Å². The lowest BCUT2D eigenvalue weighted by atomic mass is 9.94. The van der Waals surface area contributed by atoms with Gasteiger partial charge in [-0.15, -0.1) is 24.0 Å². The van der Waals surface area contributed by atoms with E-state index in [1.807, 2.05) is 0 Å². The Morgan fingerprint density at radius 1 is 1.12 bits per heavy atom. The highest BCUT2D eigenvalue weighted by Gasteiger charge is 2.22. The number of amides is 2. The molecule has 2 heterocycles. The molecule has 0 spiro atoms. The van der Waals surface area contributed by atoms with Gasteiger partial charge in [0.05, 0.1) is 0 Å². The largest absolute Gasteiger partial charge is 0.357 e. The zero-order chi connectivity index (χ0) is 18.1. The van der Waals surface area contributed by atoms with Crippen LogP contribution in [0.3, 0.4) is 0 Å². The quantitative estimate of drug-likeness (QED) is 0.308. The topological polar surface area (TPSA) is 86.0 Å². The lowest BCUT2D eigenvalue weighted by Gasteiger charge is -2.32. The van der Waals surface area contributed by atoms with Crippen molar-refractivity contribution in [2.45, 2.75) is 52.0 Å². The van der Waals surface area contributed by atoms with Gasteiger partial charge in [0.15, 0.2) is 5.96 Å². The molecule has 2 saturated heterocycles. The van der Waals surface area contributed by atoms with Crippen molar-refractivity contribution in [1.82, 2.24) is 20.4 Å². The van der Waals surface area contributed by atoms with E-state index in [1.165, 1.54) is 38.9 Å². The van der Waals surface area contributed by atoms with Gasteiger partial charge in [0, 0.05) is 32.2 Å². The first-order valence-corrected chi connectivity index (χ1v) is 9.94. The number of rotatable bonds is 6. The maximum Gasteiger partial charge on any atom is 0.314 e. The predicted molar refractivity (Wildman–Crippen MR) is 118 cm³/mol. The molecule has 8 heteroatoms. The fraction of sp³-hybridized carbons (Fsp3) is 0.889. The number of nitrogens with two attached hydrogens (primary N) is 1. The van der Waals surface area contributed by atoms with Crippen molar-refractivity contribution < 1.29 is 4.79 Å². The highest BCUT2D eigenvalue weighted by molar-refractivity contribution is 14.0. The predicted octanol–water partition coefficient (Wildman–Crippen LogP) is 1.82. The molecule has 0 aliphatic carbocycles. The number of guanidine groups is 1. The summed E-state index contributed by atoms with van der Waals surface area (Å²) >= 11 is 0. The number of aliphatic imine (C=N–C) groups is 1. The average molecular weight is 480 g/mol. The first kappa shape index (κ1) is 23.3. The van der Waals surface area contributed by atoms with Crippen LogP contribution in [0.25, 0.3) is 0 Å². The summed E-state index contributed by atoms with van der Waals surface area (Å²) in [6.07, 6.45) is 5.62. The number of carbonyl (C=O) groups is 1. The Balaban J connectivity index is 0.00000338. The molecule has 152 valence electrons. The molecule has 0 radical (unpaired) electrons. The van der Waals surface area contributed by atoms with E-state index in [9.17, 15) is 4.79 Å². The third kappa shape index (κ3) is 7.85. The van der Waals surface area contributed by atoms with E-state index in [4.69, 9.17) is 10.7 Å². The van der Waals surface area contributed by atoms with Gasteiger partial charge in [-0.05, 0) is 64.6 Å². The van der Waals surface area contributed by atoms with Crippen LogP contribution in [-0.2, 0) is 0 Å². The lowest BCUT2D eigenvalue weighted by molar-refractivity contribution is 0.187. The molecule has 2 fully saturated rings. The fourth-order valence-electron chi connectivity index (χ4n) is 3.71. The molecular formula is C18H37IN6O. The van der Waals surface area contributed by atoms with Gasteiger partial charge in [-0.1, -0.05) is 6.92 Å². The van der Waals surface area contributed by atoms with Crippen LogP contribution in [0.4, 0.5) is 4.79 Å². The number of primary amides is 1. The van der Waals surface area contributed by atoms with Crippen LogP contribution in [-0.4, -0.2) is 73.6 Å². The maximum absolute atomic E-state index is 11.2. The molecule has 0 bridgehead atoms. The van der Waals surface area contributed by atoms with Gasteiger partial charge in [-0.2, -0.15) is 0 Å². The number of likely N-dealkylation sites (tertiary alicyclic amines) is 2. The molecule has 2 rings (SSSR count). The Bertz CT molecular complexity index is 431. The van der Waals surface area contributed by atoms with Crippen molar-refractivity contribution in [3.05, 3.63) is 0 Å². The first-order valence-electron chi connectivity index (χ1n) is 9.94. The zero-order valence-corrected chi connectivity index (χ0v) is 18.7. The summed E-state index contributed by atoms with van der Waals surface area (Å²) in [7, 11) is 0. The molecule has 0 aromatic rings. The Morgan fingerprint density at radius 3 is 2.31 bits per heavy atom.